The maximum atomic E-state index is 5.63. The second kappa shape index (κ2) is 8.93. The second-order valence-corrected chi connectivity index (χ2v) is 6.49. The van der Waals surface area contributed by atoms with Crippen LogP contribution >= 0.6 is 0 Å². The van der Waals surface area contributed by atoms with Gasteiger partial charge in [0.1, 0.15) is 0 Å². The van der Waals surface area contributed by atoms with Gasteiger partial charge in [0.15, 0.2) is 0 Å². The third-order valence-corrected chi connectivity index (χ3v) is 4.61. The van der Waals surface area contributed by atoms with Crippen molar-refractivity contribution in [3.63, 3.8) is 0 Å². The van der Waals surface area contributed by atoms with Crippen molar-refractivity contribution in [1.29, 1.82) is 0 Å². The number of piperidine rings is 1. The zero-order valence-electron chi connectivity index (χ0n) is 12.6. The molecule has 0 aromatic carbocycles. The van der Waals surface area contributed by atoms with Crippen LogP contribution in [0.15, 0.2) is 0 Å². The molecule has 0 aromatic heterocycles. The SMILES string of the molecule is CC(CCNCCCOCC1CC1)C1CCCNC1. The molecule has 0 aromatic rings. The summed E-state index contributed by atoms with van der Waals surface area (Å²) in [6.07, 6.45) is 8.05. The van der Waals surface area contributed by atoms with Crippen molar-refractivity contribution in [2.75, 3.05) is 39.4 Å². The van der Waals surface area contributed by atoms with Gasteiger partial charge in [0.05, 0.1) is 0 Å². The minimum Gasteiger partial charge on any atom is -0.381 e. The Morgan fingerprint density at radius 2 is 2.16 bits per heavy atom. The van der Waals surface area contributed by atoms with Crippen LogP contribution in [0.3, 0.4) is 0 Å². The summed E-state index contributed by atoms with van der Waals surface area (Å²) in [5.41, 5.74) is 0. The molecule has 1 saturated heterocycles. The Morgan fingerprint density at radius 3 is 2.89 bits per heavy atom. The summed E-state index contributed by atoms with van der Waals surface area (Å²) >= 11 is 0. The van der Waals surface area contributed by atoms with Crippen LogP contribution in [0.4, 0.5) is 0 Å². The van der Waals surface area contributed by atoms with E-state index in [0.717, 1.165) is 43.9 Å². The van der Waals surface area contributed by atoms with E-state index < -0.39 is 0 Å². The number of rotatable bonds is 10. The average molecular weight is 268 g/mol. The van der Waals surface area contributed by atoms with Gasteiger partial charge < -0.3 is 15.4 Å². The Bertz CT molecular complexity index is 225. The monoisotopic (exact) mass is 268 g/mol. The molecular formula is C16H32N2O. The van der Waals surface area contributed by atoms with Crippen LogP contribution in [0.5, 0.6) is 0 Å². The molecule has 1 heterocycles. The van der Waals surface area contributed by atoms with Gasteiger partial charge in [-0.15, -0.1) is 0 Å². The Morgan fingerprint density at radius 1 is 1.26 bits per heavy atom. The minimum absolute atomic E-state index is 0.853. The molecule has 2 rings (SSSR count). The lowest BCUT2D eigenvalue weighted by Gasteiger charge is -2.28. The van der Waals surface area contributed by atoms with Crippen LogP contribution in [-0.4, -0.2) is 39.4 Å². The summed E-state index contributed by atoms with van der Waals surface area (Å²) in [6.45, 7) is 9.09. The molecule has 3 heteroatoms. The van der Waals surface area contributed by atoms with Crippen LogP contribution in [0, 0.1) is 17.8 Å². The van der Waals surface area contributed by atoms with Crippen molar-refractivity contribution >= 4 is 0 Å². The van der Waals surface area contributed by atoms with Crippen molar-refractivity contribution in [2.24, 2.45) is 17.8 Å². The van der Waals surface area contributed by atoms with E-state index in [0.29, 0.717) is 0 Å². The van der Waals surface area contributed by atoms with Gasteiger partial charge in [-0.3, -0.25) is 0 Å². The van der Waals surface area contributed by atoms with Crippen LogP contribution in [0.25, 0.3) is 0 Å². The lowest BCUT2D eigenvalue weighted by Crippen LogP contribution is -2.34. The van der Waals surface area contributed by atoms with Gasteiger partial charge in [0.25, 0.3) is 0 Å². The molecule has 112 valence electrons. The van der Waals surface area contributed by atoms with Crippen LogP contribution in [-0.2, 0) is 4.74 Å². The van der Waals surface area contributed by atoms with Gasteiger partial charge >= 0.3 is 0 Å². The van der Waals surface area contributed by atoms with Gasteiger partial charge in [0.2, 0.25) is 0 Å². The molecule has 19 heavy (non-hydrogen) atoms. The molecule has 2 unspecified atom stereocenters. The first-order chi connectivity index (χ1) is 9.36. The van der Waals surface area contributed by atoms with Crippen molar-refractivity contribution in [1.82, 2.24) is 10.6 Å². The molecule has 0 amide bonds. The highest BCUT2D eigenvalue weighted by atomic mass is 16.5. The summed E-state index contributed by atoms with van der Waals surface area (Å²) in [5, 5.41) is 7.08. The fraction of sp³-hybridized carbons (Fsp3) is 1.00. The number of ether oxygens (including phenoxy) is 1. The van der Waals surface area contributed by atoms with Gasteiger partial charge in [0, 0.05) is 13.2 Å². The topological polar surface area (TPSA) is 33.3 Å². The molecule has 1 saturated carbocycles. The smallest absolute Gasteiger partial charge is 0.0494 e. The summed E-state index contributed by atoms with van der Waals surface area (Å²) in [5.74, 6) is 2.65. The van der Waals surface area contributed by atoms with E-state index in [2.05, 4.69) is 17.6 Å². The standard InChI is InChI=1S/C16H32N2O/c1-14(16-4-2-8-18-12-16)7-10-17-9-3-11-19-13-15-5-6-15/h14-18H,2-13H2,1H3. The summed E-state index contributed by atoms with van der Waals surface area (Å²) in [6, 6.07) is 0. The van der Waals surface area contributed by atoms with Crippen molar-refractivity contribution in [3.8, 4) is 0 Å². The van der Waals surface area contributed by atoms with Crippen LogP contribution in [0.2, 0.25) is 0 Å². The largest absolute Gasteiger partial charge is 0.381 e. The predicted molar refractivity (Wildman–Crippen MR) is 80.4 cm³/mol. The third-order valence-electron chi connectivity index (χ3n) is 4.61. The van der Waals surface area contributed by atoms with E-state index in [1.54, 1.807) is 0 Å². The van der Waals surface area contributed by atoms with Crippen molar-refractivity contribution in [3.05, 3.63) is 0 Å². The number of nitrogens with one attached hydrogen (secondary N) is 2. The lowest BCUT2D eigenvalue weighted by atomic mass is 9.85. The molecule has 2 atom stereocenters. The molecule has 3 nitrogen and oxygen atoms in total. The quantitative estimate of drug-likeness (QED) is 0.597. The summed E-state index contributed by atoms with van der Waals surface area (Å²) in [7, 11) is 0. The highest BCUT2D eigenvalue weighted by Crippen LogP contribution is 2.28. The van der Waals surface area contributed by atoms with Crippen molar-refractivity contribution < 1.29 is 4.74 Å². The average Bonchev–Trinajstić information content (AvgIpc) is 3.26. The highest BCUT2D eigenvalue weighted by molar-refractivity contribution is 4.74. The Labute approximate surface area is 118 Å². The fourth-order valence-corrected chi connectivity index (χ4v) is 2.89. The molecular weight excluding hydrogens is 236 g/mol. The number of hydrogen-bond donors (Lipinski definition) is 2. The van der Waals surface area contributed by atoms with Gasteiger partial charge in [-0.1, -0.05) is 6.92 Å². The first-order valence-electron chi connectivity index (χ1n) is 8.35. The molecule has 0 spiro atoms. The van der Waals surface area contributed by atoms with Gasteiger partial charge in [-0.2, -0.15) is 0 Å². The van der Waals surface area contributed by atoms with E-state index >= 15 is 0 Å². The first kappa shape index (κ1) is 15.3. The van der Waals surface area contributed by atoms with E-state index in [1.807, 2.05) is 0 Å². The van der Waals surface area contributed by atoms with Gasteiger partial charge in [-0.25, -0.2) is 0 Å². The summed E-state index contributed by atoms with van der Waals surface area (Å²) in [4.78, 5) is 0. The fourth-order valence-electron chi connectivity index (χ4n) is 2.89. The molecule has 2 fully saturated rings. The minimum atomic E-state index is 0.853. The zero-order chi connectivity index (χ0) is 13.3. The summed E-state index contributed by atoms with van der Waals surface area (Å²) < 4.78 is 5.63. The molecule has 0 bridgehead atoms. The first-order valence-corrected chi connectivity index (χ1v) is 8.35. The second-order valence-electron chi connectivity index (χ2n) is 6.49. The Hall–Kier alpha value is -0.120. The van der Waals surface area contributed by atoms with Crippen LogP contribution in [0.1, 0.15) is 45.4 Å². The van der Waals surface area contributed by atoms with Crippen LogP contribution < -0.4 is 10.6 Å². The molecule has 0 radical (unpaired) electrons. The van der Waals surface area contributed by atoms with Gasteiger partial charge in [-0.05, 0) is 82.5 Å². The van der Waals surface area contributed by atoms with E-state index in [9.17, 15) is 0 Å². The molecule has 2 N–H and O–H groups in total. The molecule has 1 aliphatic heterocycles. The molecule has 2 aliphatic rings. The Balaban J connectivity index is 1.36. The maximum absolute atomic E-state index is 5.63. The normalized spacial score (nSPS) is 25.4. The van der Waals surface area contributed by atoms with E-state index in [-0.39, 0.29) is 0 Å². The molecule has 1 aliphatic carbocycles. The Kier molecular flexibility index (Phi) is 7.18. The third kappa shape index (κ3) is 6.73. The zero-order valence-corrected chi connectivity index (χ0v) is 12.6. The van der Waals surface area contributed by atoms with E-state index in [1.165, 1.54) is 51.7 Å². The number of hydrogen-bond acceptors (Lipinski definition) is 3. The highest BCUT2D eigenvalue weighted by Gasteiger charge is 2.21. The maximum Gasteiger partial charge on any atom is 0.0494 e. The van der Waals surface area contributed by atoms with E-state index in [4.69, 9.17) is 4.74 Å². The lowest BCUT2D eigenvalue weighted by molar-refractivity contribution is 0.122. The van der Waals surface area contributed by atoms with Crippen molar-refractivity contribution in [2.45, 2.75) is 45.4 Å². The predicted octanol–water partition coefficient (Wildman–Crippen LogP) is 2.42.